The maximum atomic E-state index is 14.8. The number of aryl methyl sites for hydroxylation is 1. The van der Waals surface area contributed by atoms with Gasteiger partial charge in [0.2, 0.25) is 10.0 Å². The van der Waals surface area contributed by atoms with Gasteiger partial charge >= 0.3 is 5.97 Å². The summed E-state index contributed by atoms with van der Waals surface area (Å²) in [4.78, 5) is 17.0. The molecule has 9 nitrogen and oxygen atoms in total. The number of hydrogen-bond donors (Lipinski definition) is 2. The summed E-state index contributed by atoms with van der Waals surface area (Å²) in [5, 5.41) is 9.68. The van der Waals surface area contributed by atoms with Crippen LogP contribution in [0.25, 0.3) is 11.1 Å². The molecule has 1 fully saturated rings. The normalized spacial score (nSPS) is 16.6. The number of aliphatic carboxylic acids is 1. The molecule has 3 aromatic rings. The van der Waals surface area contributed by atoms with E-state index in [-0.39, 0.29) is 18.8 Å². The maximum Gasteiger partial charge on any atom is 0.327 e. The van der Waals surface area contributed by atoms with Crippen molar-refractivity contribution in [3.8, 4) is 22.8 Å². The minimum atomic E-state index is -3.66. The number of rotatable bonds is 7. The molecule has 0 aliphatic carbocycles. The third kappa shape index (κ3) is 5.87. The Balaban J connectivity index is 1.68. The van der Waals surface area contributed by atoms with Gasteiger partial charge in [0.1, 0.15) is 11.8 Å². The highest BCUT2D eigenvalue weighted by atomic mass is 32.2. The van der Waals surface area contributed by atoms with Gasteiger partial charge < -0.3 is 20.5 Å². The second-order valence-electron chi connectivity index (χ2n) is 8.79. The van der Waals surface area contributed by atoms with E-state index in [1.807, 2.05) is 37.3 Å². The molecule has 1 atom stereocenters. The first-order valence-electron chi connectivity index (χ1n) is 11.4. The van der Waals surface area contributed by atoms with Gasteiger partial charge in [0, 0.05) is 32.2 Å². The molecule has 2 heterocycles. The molecule has 2 aromatic carbocycles. The smallest absolute Gasteiger partial charge is 0.327 e. The zero-order chi connectivity index (χ0) is 26.9. The van der Waals surface area contributed by atoms with Crippen LogP contribution in [0.15, 0.2) is 48.5 Å². The Kier molecular flexibility index (Phi) is 7.44. The molecule has 196 valence electrons. The first-order chi connectivity index (χ1) is 17.5. The number of pyridine rings is 1. The molecule has 1 saturated heterocycles. The third-order valence-electron chi connectivity index (χ3n) is 6.01. The summed E-state index contributed by atoms with van der Waals surface area (Å²) < 4.78 is 60.0. The van der Waals surface area contributed by atoms with Crippen molar-refractivity contribution in [3.63, 3.8) is 0 Å². The van der Waals surface area contributed by atoms with E-state index in [0.717, 1.165) is 37.7 Å². The molecule has 1 unspecified atom stereocenters. The Morgan fingerprint density at radius 1 is 1.14 bits per heavy atom. The number of anilines is 1. The van der Waals surface area contributed by atoms with Crippen LogP contribution < -0.4 is 15.4 Å². The van der Waals surface area contributed by atoms with Crippen LogP contribution in [0, 0.1) is 18.6 Å². The largest absolute Gasteiger partial charge is 0.480 e. The fraction of sp³-hybridized carbons (Fsp3) is 0.280. The number of hydrogen-bond acceptors (Lipinski definition) is 7. The monoisotopic (exact) mass is 532 g/mol. The number of aromatic nitrogens is 1. The summed E-state index contributed by atoms with van der Waals surface area (Å²) in [6.07, 6.45) is 0.965. The molecule has 1 aliphatic rings. The van der Waals surface area contributed by atoms with E-state index < -0.39 is 51.9 Å². The molecule has 37 heavy (non-hydrogen) atoms. The molecule has 0 saturated carbocycles. The summed E-state index contributed by atoms with van der Waals surface area (Å²) in [6, 6.07) is 12.0. The van der Waals surface area contributed by atoms with E-state index in [1.165, 1.54) is 0 Å². The molecule has 4 rings (SSSR count). The maximum absolute atomic E-state index is 14.8. The Bertz CT molecular complexity index is 1450. The van der Waals surface area contributed by atoms with Crippen LogP contribution in [0.4, 0.5) is 14.6 Å². The van der Waals surface area contributed by atoms with Gasteiger partial charge in [0.05, 0.1) is 6.26 Å². The van der Waals surface area contributed by atoms with Gasteiger partial charge in [-0.3, -0.25) is 0 Å². The Labute approximate surface area is 213 Å². The van der Waals surface area contributed by atoms with Crippen molar-refractivity contribution >= 4 is 21.8 Å². The van der Waals surface area contributed by atoms with Gasteiger partial charge in [-0.05, 0) is 47.4 Å². The van der Waals surface area contributed by atoms with Crippen molar-refractivity contribution in [2.24, 2.45) is 5.73 Å². The second-order valence-corrected chi connectivity index (χ2v) is 10.8. The highest BCUT2D eigenvalue weighted by Gasteiger charge is 2.38. The number of sulfonamides is 1. The van der Waals surface area contributed by atoms with Crippen LogP contribution in [0.3, 0.4) is 0 Å². The van der Waals surface area contributed by atoms with Crippen molar-refractivity contribution in [3.05, 3.63) is 71.3 Å². The fourth-order valence-electron chi connectivity index (χ4n) is 4.20. The molecule has 3 N–H and O–H groups in total. The third-order valence-corrected chi connectivity index (χ3v) is 7.28. The van der Waals surface area contributed by atoms with Crippen molar-refractivity contribution in [1.29, 1.82) is 0 Å². The molecule has 1 aromatic heterocycles. The Hall–Kier alpha value is -3.61. The number of carboxylic acid groups (broad SMARTS) is 1. The number of carbonyl (C=O) groups is 1. The molecular formula is C25H26F2N4O5S. The average Bonchev–Trinajstić information content (AvgIpc) is 2.84. The minimum Gasteiger partial charge on any atom is -0.480 e. The van der Waals surface area contributed by atoms with Crippen LogP contribution >= 0.6 is 0 Å². The van der Waals surface area contributed by atoms with Crippen LogP contribution in [-0.2, 0) is 21.4 Å². The summed E-state index contributed by atoms with van der Waals surface area (Å²) in [6.45, 7) is 1.55. The van der Waals surface area contributed by atoms with Crippen molar-refractivity contribution in [2.45, 2.75) is 19.5 Å². The molecule has 0 bridgehead atoms. The summed E-state index contributed by atoms with van der Waals surface area (Å²) in [5.41, 5.74) is 9.15. The van der Waals surface area contributed by atoms with Gasteiger partial charge in [-0.1, -0.05) is 24.3 Å². The van der Waals surface area contributed by atoms with Crippen LogP contribution in [0.5, 0.6) is 11.6 Å². The molecular weight excluding hydrogens is 506 g/mol. The van der Waals surface area contributed by atoms with E-state index in [2.05, 4.69) is 4.98 Å². The highest BCUT2D eigenvalue weighted by molar-refractivity contribution is 7.88. The second kappa shape index (κ2) is 10.4. The van der Waals surface area contributed by atoms with E-state index >= 15 is 0 Å². The highest BCUT2D eigenvalue weighted by Crippen LogP contribution is 2.33. The van der Waals surface area contributed by atoms with E-state index in [4.69, 9.17) is 10.5 Å². The minimum absolute atomic E-state index is 0.0829. The number of halogens is 2. The SMILES string of the molecule is Cc1cc(Oc2nc(N3CCN(S(C)(=O)=O)CC3C(=O)O)c(F)cc2F)cc(-c2cccc(CN)c2)c1. The summed E-state index contributed by atoms with van der Waals surface area (Å²) in [5.74, 6) is -4.28. The number of carboxylic acids is 1. The molecule has 12 heteroatoms. The summed E-state index contributed by atoms with van der Waals surface area (Å²) in [7, 11) is -3.66. The lowest BCUT2D eigenvalue weighted by Crippen LogP contribution is -2.58. The van der Waals surface area contributed by atoms with Crippen LogP contribution in [0.1, 0.15) is 11.1 Å². The molecule has 0 amide bonds. The summed E-state index contributed by atoms with van der Waals surface area (Å²) >= 11 is 0. The Morgan fingerprint density at radius 2 is 1.89 bits per heavy atom. The number of ether oxygens (including phenoxy) is 1. The zero-order valence-corrected chi connectivity index (χ0v) is 21.0. The zero-order valence-electron chi connectivity index (χ0n) is 20.2. The predicted molar refractivity (Wildman–Crippen MR) is 134 cm³/mol. The lowest BCUT2D eigenvalue weighted by Gasteiger charge is -2.38. The van der Waals surface area contributed by atoms with Gasteiger partial charge in [-0.25, -0.2) is 22.0 Å². The Morgan fingerprint density at radius 3 is 2.57 bits per heavy atom. The number of piperazine rings is 1. The van der Waals surface area contributed by atoms with E-state index in [9.17, 15) is 27.1 Å². The van der Waals surface area contributed by atoms with Crippen molar-refractivity contribution in [1.82, 2.24) is 9.29 Å². The lowest BCUT2D eigenvalue weighted by molar-refractivity contribution is -0.139. The standard InChI is InChI=1S/C25H26F2N4O5S/c1-15-8-18(17-5-3-4-16(10-17)13-28)11-19(9-15)36-24-21(27)12-20(26)23(29-24)31-7-6-30(37(2,34)35)14-22(31)25(32)33/h3-5,8-12,22H,6-7,13-14,28H2,1-2H3,(H,32,33). The topological polar surface area (TPSA) is 126 Å². The quantitative estimate of drug-likeness (QED) is 0.476. The van der Waals surface area contributed by atoms with Crippen LogP contribution in [-0.4, -0.2) is 60.7 Å². The van der Waals surface area contributed by atoms with Crippen molar-refractivity contribution < 1.29 is 31.8 Å². The van der Waals surface area contributed by atoms with E-state index in [1.54, 1.807) is 12.1 Å². The molecule has 1 aliphatic heterocycles. The fourth-order valence-corrected chi connectivity index (χ4v) is 5.03. The van der Waals surface area contributed by atoms with Gasteiger partial charge in [0.25, 0.3) is 5.88 Å². The van der Waals surface area contributed by atoms with Crippen LogP contribution in [0.2, 0.25) is 0 Å². The molecule has 0 spiro atoms. The first kappa shape index (κ1) is 26.5. The van der Waals surface area contributed by atoms with Gasteiger partial charge in [0.15, 0.2) is 17.5 Å². The van der Waals surface area contributed by atoms with Gasteiger partial charge in [-0.15, -0.1) is 0 Å². The predicted octanol–water partition coefficient (Wildman–Crippen LogP) is 3.12. The number of benzene rings is 2. The van der Waals surface area contributed by atoms with E-state index in [0.29, 0.717) is 12.6 Å². The number of nitrogens with zero attached hydrogens (tertiary/aromatic N) is 3. The lowest BCUT2D eigenvalue weighted by atomic mass is 10.0. The average molecular weight is 533 g/mol. The van der Waals surface area contributed by atoms with Gasteiger partial charge in [-0.2, -0.15) is 9.29 Å². The number of nitrogens with two attached hydrogens (primary N) is 1. The molecule has 0 radical (unpaired) electrons. The first-order valence-corrected chi connectivity index (χ1v) is 13.2. The van der Waals surface area contributed by atoms with Crippen molar-refractivity contribution in [2.75, 3.05) is 30.8 Å².